The maximum atomic E-state index is 8.97. The first-order valence-electron chi connectivity index (χ1n) is 5.73. The van der Waals surface area contributed by atoms with Gasteiger partial charge in [-0.25, -0.2) is 0 Å². The quantitative estimate of drug-likeness (QED) is 0.708. The molecule has 1 N–H and O–H groups in total. The average Bonchev–Trinajstić information content (AvgIpc) is 2.19. The monoisotopic (exact) mass is 185 g/mol. The first kappa shape index (κ1) is 11.0. The Hall–Kier alpha value is -0.0800. The summed E-state index contributed by atoms with van der Waals surface area (Å²) in [6.45, 7) is 5.09. The Balaban J connectivity index is 2.32. The maximum absolute atomic E-state index is 8.97. The SMILES string of the molecule is CCCC(CCO)N1CCCCC1. The third-order valence-corrected chi connectivity index (χ3v) is 2.99. The highest BCUT2D eigenvalue weighted by Gasteiger charge is 2.18. The molecule has 0 aromatic heterocycles. The summed E-state index contributed by atoms with van der Waals surface area (Å²) in [5.74, 6) is 0. The van der Waals surface area contributed by atoms with Gasteiger partial charge in [-0.15, -0.1) is 0 Å². The van der Waals surface area contributed by atoms with Gasteiger partial charge in [0, 0.05) is 12.6 Å². The predicted octanol–water partition coefficient (Wildman–Crippen LogP) is 2.02. The number of rotatable bonds is 5. The normalized spacial score (nSPS) is 21.7. The number of aliphatic hydroxyl groups excluding tert-OH is 1. The lowest BCUT2D eigenvalue weighted by atomic mass is 10.0. The molecular weight excluding hydrogens is 162 g/mol. The number of hydrogen-bond acceptors (Lipinski definition) is 2. The second-order valence-electron chi connectivity index (χ2n) is 4.05. The second-order valence-corrected chi connectivity index (χ2v) is 4.05. The van der Waals surface area contributed by atoms with Gasteiger partial charge in [0.2, 0.25) is 0 Å². The van der Waals surface area contributed by atoms with Crippen molar-refractivity contribution in [1.82, 2.24) is 4.90 Å². The fraction of sp³-hybridized carbons (Fsp3) is 1.00. The van der Waals surface area contributed by atoms with Crippen LogP contribution in [0, 0.1) is 0 Å². The molecule has 13 heavy (non-hydrogen) atoms. The third-order valence-electron chi connectivity index (χ3n) is 2.99. The predicted molar refractivity (Wildman–Crippen MR) is 55.8 cm³/mol. The van der Waals surface area contributed by atoms with Crippen molar-refractivity contribution < 1.29 is 5.11 Å². The second kappa shape index (κ2) is 6.39. The number of hydrogen-bond donors (Lipinski definition) is 1. The minimum atomic E-state index is 0.348. The van der Waals surface area contributed by atoms with Gasteiger partial charge >= 0.3 is 0 Å². The summed E-state index contributed by atoms with van der Waals surface area (Å²) < 4.78 is 0. The van der Waals surface area contributed by atoms with Gasteiger partial charge in [-0.1, -0.05) is 19.8 Å². The highest BCUT2D eigenvalue weighted by atomic mass is 16.3. The van der Waals surface area contributed by atoms with Crippen molar-refractivity contribution in [2.45, 2.75) is 51.5 Å². The van der Waals surface area contributed by atoms with Gasteiger partial charge in [-0.05, 0) is 38.8 Å². The highest BCUT2D eigenvalue weighted by Crippen LogP contribution is 2.17. The van der Waals surface area contributed by atoms with Gasteiger partial charge in [0.1, 0.15) is 0 Å². The molecule has 1 atom stereocenters. The van der Waals surface area contributed by atoms with E-state index in [0.29, 0.717) is 12.6 Å². The maximum Gasteiger partial charge on any atom is 0.0445 e. The lowest BCUT2D eigenvalue weighted by Gasteiger charge is -2.34. The molecule has 1 rings (SSSR count). The molecule has 1 aliphatic rings. The molecule has 1 heterocycles. The van der Waals surface area contributed by atoms with E-state index in [0.717, 1.165) is 6.42 Å². The van der Waals surface area contributed by atoms with Crippen LogP contribution in [0.1, 0.15) is 45.4 Å². The van der Waals surface area contributed by atoms with Crippen molar-refractivity contribution in [3.63, 3.8) is 0 Å². The fourth-order valence-electron chi connectivity index (χ4n) is 2.28. The fourth-order valence-corrected chi connectivity index (χ4v) is 2.28. The summed E-state index contributed by atoms with van der Waals surface area (Å²) in [4.78, 5) is 2.57. The van der Waals surface area contributed by atoms with Gasteiger partial charge in [0.15, 0.2) is 0 Å². The topological polar surface area (TPSA) is 23.5 Å². The summed E-state index contributed by atoms with van der Waals surface area (Å²) in [5.41, 5.74) is 0. The van der Waals surface area contributed by atoms with E-state index in [1.54, 1.807) is 0 Å². The van der Waals surface area contributed by atoms with Crippen LogP contribution in [0.15, 0.2) is 0 Å². The minimum absolute atomic E-state index is 0.348. The van der Waals surface area contributed by atoms with Crippen molar-refractivity contribution in [2.75, 3.05) is 19.7 Å². The smallest absolute Gasteiger partial charge is 0.0445 e. The van der Waals surface area contributed by atoms with E-state index >= 15 is 0 Å². The highest BCUT2D eigenvalue weighted by molar-refractivity contribution is 4.74. The van der Waals surface area contributed by atoms with Crippen LogP contribution in [0.4, 0.5) is 0 Å². The van der Waals surface area contributed by atoms with Crippen LogP contribution in [0.2, 0.25) is 0 Å². The molecule has 1 saturated heterocycles. The Morgan fingerprint density at radius 1 is 1.15 bits per heavy atom. The van der Waals surface area contributed by atoms with Crippen LogP contribution in [-0.2, 0) is 0 Å². The molecular formula is C11H23NO. The van der Waals surface area contributed by atoms with E-state index < -0.39 is 0 Å². The summed E-state index contributed by atoms with van der Waals surface area (Å²) >= 11 is 0. The number of aliphatic hydroxyl groups is 1. The summed E-state index contributed by atoms with van der Waals surface area (Å²) in [7, 11) is 0. The zero-order valence-corrected chi connectivity index (χ0v) is 8.84. The lowest BCUT2D eigenvalue weighted by Crippen LogP contribution is -2.39. The summed E-state index contributed by atoms with van der Waals surface area (Å²) in [5, 5.41) is 8.97. The van der Waals surface area contributed by atoms with Crippen molar-refractivity contribution in [1.29, 1.82) is 0 Å². The van der Waals surface area contributed by atoms with Crippen LogP contribution in [0.5, 0.6) is 0 Å². The van der Waals surface area contributed by atoms with Gasteiger partial charge in [-0.3, -0.25) is 0 Å². The lowest BCUT2D eigenvalue weighted by molar-refractivity contribution is 0.126. The molecule has 0 spiro atoms. The Labute approximate surface area is 81.9 Å². The summed E-state index contributed by atoms with van der Waals surface area (Å²) in [6, 6.07) is 0.648. The molecule has 78 valence electrons. The van der Waals surface area contributed by atoms with E-state index in [4.69, 9.17) is 5.11 Å². The van der Waals surface area contributed by atoms with Crippen LogP contribution in [0.25, 0.3) is 0 Å². The molecule has 0 bridgehead atoms. The van der Waals surface area contributed by atoms with Gasteiger partial charge in [0.25, 0.3) is 0 Å². The molecule has 1 fully saturated rings. The van der Waals surface area contributed by atoms with Gasteiger partial charge < -0.3 is 10.0 Å². The molecule has 0 amide bonds. The van der Waals surface area contributed by atoms with Gasteiger partial charge in [0.05, 0.1) is 0 Å². The van der Waals surface area contributed by atoms with Crippen molar-refractivity contribution in [3.8, 4) is 0 Å². The van der Waals surface area contributed by atoms with Crippen molar-refractivity contribution in [2.24, 2.45) is 0 Å². The third kappa shape index (κ3) is 3.65. The molecule has 2 heteroatoms. The van der Waals surface area contributed by atoms with Crippen LogP contribution >= 0.6 is 0 Å². The Morgan fingerprint density at radius 2 is 1.85 bits per heavy atom. The zero-order chi connectivity index (χ0) is 9.52. The number of likely N-dealkylation sites (tertiary alicyclic amines) is 1. The number of piperidine rings is 1. The molecule has 0 aromatic rings. The minimum Gasteiger partial charge on any atom is -0.396 e. The Bertz CT molecular complexity index is 115. The first-order chi connectivity index (χ1) is 6.38. The average molecular weight is 185 g/mol. The molecule has 0 aromatic carbocycles. The molecule has 0 aliphatic carbocycles. The zero-order valence-electron chi connectivity index (χ0n) is 8.84. The molecule has 1 aliphatic heterocycles. The van der Waals surface area contributed by atoms with E-state index in [-0.39, 0.29) is 0 Å². The van der Waals surface area contributed by atoms with E-state index in [1.807, 2.05) is 0 Å². The standard InChI is InChI=1S/C11H23NO/c1-2-6-11(7-10-13)12-8-4-3-5-9-12/h11,13H,2-10H2,1H3. The van der Waals surface area contributed by atoms with Crippen LogP contribution < -0.4 is 0 Å². The number of nitrogens with zero attached hydrogens (tertiary/aromatic N) is 1. The van der Waals surface area contributed by atoms with Crippen LogP contribution in [0.3, 0.4) is 0 Å². The van der Waals surface area contributed by atoms with Crippen LogP contribution in [-0.4, -0.2) is 35.7 Å². The molecule has 1 unspecified atom stereocenters. The summed E-state index contributed by atoms with van der Waals surface area (Å²) in [6.07, 6.45) is 7.56. The van der Waals surface area contributed by atoms with Gasteiger partial charge in [-0.2, -0.15) is 0 Å². The Morgan fingerprint density at radius 3 is 2.38 bits per heavy atom. The van der Waals surface area contributed by atoms with E-state index in [1.165, 1.54) is 45.2 Å². The van der Waals surface area contributed by atoms with E-state index in [9.17, 15) is 0 Å². The molecule has 0 radical (unpaired) electrons. The molecule has 2 nitrogen and oxygen atoms in total. The largest absolute Gasteiger partial charge is 0.396 e. The molecule has 0 saturated carbocycles. The Kier molecular flexibility index (Phi) is 5.40. The van der Waals surface area contributed by atoms with E-state index in [2.05, 4.69) is 11.8 Å². The van der Waals surface area contributed by atoms with Crippen molar-refractivity contribution in [3.05, 3.63) is 0 Å². The first-order valence-corrected chi connectivity index (χ1v) is 5.73. The van der Waals surface area contributed by atoms with Crippen molar-refractivity contribution >= 4 is 0 Å².